The Labute approximate surface area is 119 Å². The maximum absolute atomic E-state index is 11.1. The normalized spacial score (nSPS) is 10.3. The fourth-order valence-electron chi connectivity index (χ4n) is 1.96. The maximum Gasteiger partial charge on any atom is 0.335 e. The van der Waals surface area contributed by atoms with Crippen LogP contribution in [0.4, 0.5) is 0 Å². The van der Waals surface area contributed by atoms with E-state index in [0.29, 0.717) is 24.5 Å². The van der Waals surface area contributed by atoms with E-state index in [-0.39, 0.29) is 5.56 Å². The van der Waals surface area contributed by atoms with Gasteiger partial charge in [-0.2, -0.15) is 0 Å². The zero-order chi connectivity index (χ0) is 15.0. The maximum atomic E-state index is 11.1. The van der Waals surface area contributed by atoms with Gasteiger partial charge in [0.05, 0.1) is 19.8 Å². The molecule has 0 saturated heterocycles. The fourth-order valence-corrected chi connectivity index (χ4v) is 1.96. The summed E-state index contributed by atoms with van der Waals surface area (Å²) in [5, 5.41) is 9.11. The van der Waals surface area contributed by atoms with E-state index in [1.54, 1.807) is 13.2 Å². The van der Waals surface area contributed by atoms with E-state index in [9.17, 15) is 4.79 Å². The lowest BCUT2D eigenvalue weighted by Crippen LogP contribution is -2.04. The molecule has 1 N–H and O–H groups in total. The first-order chi connectivity index (χ1) is 9.63. The molecule has 5 nitrogen and oxygen atoms in total. The zero-order valence-electron chi connectivity index (χ0n) is 12.3. The molecule has 0 aliphatic heterocycles. The summed E-state index contributed by atoms with van der Waals surface area (Å²) in [7, 11) is 3.05. The number of aryl methyl sites for hydroxylation is 1. The second kappa shape index (κ2) is 8.43. The van der Waals surface area contributed by atoms with Crippen LogP contribution in [0.1, 0.15) is 35.7 Å². The number of hydrogen-bond acceptors (Lipinski definition) is 4. The molecular weight excluding hydrogens is 260 g/mol. The number of carbonyl (C=O) groups is 1. The van der Waals surface area contributed by atoms with Crippen molar-refractivity contribution in [2.24, 2.45) is 0 Å². The predicted octanol–water partition coefficient (Wildman–Crippen LogP) is 2.76. The van der Waals surface area contributed by atoms with Gasteiger partial charge < -0.3 is 19.3 Å². The Bertz CT molecular complexity index is 442. The highest BCUT2D eigenvalue weighted by molar-refractivity contribution is 5.89. The molecule has 0 amide bonds. The van der Waals surface area contributed by atoms with Crippen molar-refractivity contribution in [1.82, 2.24) is 0 Å². The number of benzene rings is 1. The van der Waals surface area contributed by atoms with Crippen LogP contribution < -0.4 is 9.47 Å². The number of carboxylic acids is 1. The van der Waals surface area contributed by atoms with E-state index in [1.807, 2.05) is 0 Å². The molecule has 0 spiro atoms. The Kier molecular flexibility index (Phi) is 6.87. The topological polar surface area (TPSA) is 65.0 Å². The molecule has 0 atom stereocenters. The number of rotatable bonds is 9. The van der Waals surface area contributed by atoms with Crippen LogP contribution in [0, 0.1) is 0 Å². The molecule has 0 aliphatic rings. The lowest BCUT2D eigenvalue weighted by Gasteiger charge is -2.14. The smallest absolute Gasteiger partial charge is 0.335 e. The van der Waals surface area contributed by atoms with Crippen LogP contribution in [0.25, 0.3) is 0 Å². The first kappa shape index (κ1) is 16.3. The Balaban J connectivity index is 2.85. The van der Waals surface area contributed by atoms with Crippen molar-refractivity contribution in [3.05, 3.63) is 23.3 Å². The summed E-state index contributed by atoms with van der Waals surface area (Å²) < 4.78 is 15.9. The van der Waals surface area contributed by atoms with E-state index < -0.39 is 5.97 Å². The van der Waals surface area contributed by atoms with Crippen LogP contribution in [0.2, 0.25) is 0 Å². The number of ether oxygens (including phenoxy) is 3. The molecule has 0 aliphatic carbocycles. The number of aromatic carboxylic acids is 1. The van der Waals surface area contributed by atoms with E-state index in [4.69, 9.17) is 19.3 Å². The third kappa shape index (κ3) is 4.42. The minimum atomic E-state index is -0.977. The van der Waals surface area contributed by atoms with E-state index in [1.165, 1.54) is 13.2 Å². The summed E-state index contributed by atoms with van der Waals surface area (Å²) in [4.78, 5) is 11.1. The quantitative estimate of drug-likeness (QED) is 0.705. The minimum absolute atomic E-state index is 0.201. The molecule has 112 valence electrons. The SMILES string of the molecule is CCCOCCCc1cc(C(=O)O)cc(OC)c1OC. The Morgan fingerprint density at radius 2 is 1.95 bits per heavy atom. The molecule has 0 unspecified atom stereocenters. The fraction of sp³-hybridized carbons (Fsp3) is 0.533. The Morgan fingerprint density at radius 1 is 1.20 bits per heavy atom. The van der Waals surface area contributed by atoms with Gasteiger partial charge in [0.15, 0.2) is 11.5 Å². The van der Waals surface area contributed by atoms with Crippen molar-refractivity contribution in [1.29, 1.82) is 0 Å². The standard InChI is InChI=1S/C15H22O5/c1-4-7-20-8-5-6-11-9-12(15(16)17)10-13(18-2)14(11)19-3/h9-10H,4-8H2,1-3H3,(H,16,17). The highest BCUT2D eigenvalue weighted by Crippen LogP contribution is 2.33. The molecule has 0 radical (unpaired) electrons. The molecule has 1 aromatic rings. The van der Waals surface area contributed by atoms with E-state index >= 15 is 0 Å². The Morgan fingerprint density at radius 3 is 2.50 bits per heavy atom. The number of carboxylic acid groups (broad SMARTS) is 1. The van der Waals surface area contributed by atoms with Crippen LogP contribution in [-0.4, -0.2) is 38.5 Å². The Hall–Kier alpha value is -1.75. The summed E-state index contributed by atoms with van der Waals surface area (Å²) in [5.74, 6) is 0.0549. The van der Waals surface area contributed by atoms with Gasteiger partial charge in [0.2, 0.25) is 0 Å². The van der Waals surface area contributed by atoms with Crippen LogP contribution >= 0.6 is 0 Å². The van der Waals surface area contributed by atoms with Gasteiger partial charge in [0, 0.05) is 13.2 Å². The van der Waals surface area contributed by atoms with Gasteiger partial charge in [-0.15, -0.1) is 0 Å². The first-order valence-corrected chi connectivity index (χ1v) is 6.70. The summed E-state index contributed by atoms with van der Waals surface area (Å²) in [6.45, 7) is 3.45. The van der Waals surface area contributed by atoms with Gasteiger partial charge in [0.25, 0.3) is 0 Å². The van der Waals surface area contributed by atoms with Gasteiger partial charge in [-0.3, -0.25) is 0 Å². The van der Waals surface area contributed by atoms with Crippen LogP contribution in [0.3, 0.4) is 0 Å². The van der Waals surface area contributed by atoms with Crippen LogP contribution in [-0.2, 0) is 11.2 Å². The summed E-state index contributed by atoms with van der Waals surface area (Å²) in [6, 6.07) is 3.10. The number of hydrogen-bond donors (Lipinski definition) is 1. The van der Waals surface area contributed by atoms with Crippen molar-refractivity contribution in [3.63, 3.8) is 0 Å². The van der Waals surface area contributed by atoms with Crippen molar-refractivity contribution in [3.8, 4) is 11.5 Å². The third-order valence-corrected chi connectivity index (χ3v) is 2.89. The lowest BCUT2D eigenvalue weighted by molar-refractivity contribution is 0.0696. The van der Waals surface area contributed by atoms with Gasteiger partial charge in [0.1, 0.15) is 0 Å². The first-order valence-electron chi connectivity index (χ1n) is 6.70. The van der Waals surface area contributed by atoms with E-state index in [2.05, 4.69) is 6.92 Å². The highest BCUT2D eigenvalue weighted by Gasteiger charge is 2.15. The molecule has 1 aromatic carbocycles. The summed E-state index contributed by atoms with van der Waals surface area (Å²) >= 11 is 0. The average Bonchev–Trinajstić information content (AvgIpc) is 2.45. The molecule has 20 heavy (non-hydrogen) atoms. The van der Waals surface area contributed by atoms with Gasteiger partial charge >= 0.3 is 5.97 Å². The average molecular weight is 282 g/mol. The lowest BCUT2D eigenvalue weighted by atomic mass is 10.0. The van der Waals surface area contributed by atoms with Crippen molar-refractivity contribution < 1.29 is 24.1 Å². The second-order valence-electron chi connectivity index (χ2n) is 4.39. The van der Waals surface area contributed by atoms with Gasteiger partial charge in [-0.1, -0.05) is 6.92 Å². The van der Waals surface area contributed by atoms with Crippen LogP contribution in [0.15, 0.2) is 12.1 Å². The number of methoxy groups -OCH3 is 2. The molecule has 5 heteroatoms. The zero-order valence-corrected chi connectivity index (χ0v) is 12.3. The third-order valence-electron chi connectivity index (χ3n) is 2.89. The van der Waals surface area contributed by atoms with Crippen molar-refractivity contribution in [2.45, 2.75) is 26.2 Å². The van der Waals surface area contributed by atoms with Gasteiger partial charge in [-0.05, 0) is 37.0 Å². The van der Waals surface area contributed by atoms with Crippen LogP contribution in [0.5, 0.6) is 11.5 Å². The molecular formula is C15H22O5. The molecule has 0 bridgehead atoms. The second-order valence-corrected chi connectivity index (χ2v) is 4.39. The minimum Gasteiger partial charge on any atom is -0.493 e. The van der Waals surface area contributed by atoms with Crippen molar-refractivity contribution >= 4 is 5.97 Å². The molecule has 1 rings (SSSR count). The summed E-state index contributed by atoms with van der Waals surface area (Å²) in [5.41, 5.74) is 1.02. The largest absolute Gasteiger partial charge is 0.493 e. The summed E-state index contributed by atoms with van der Waals surface area (Å²) in [6.07, 6.45) is 2.48. The molecule has 0 fully saturated rings. The monoisotopic (exact) mass is 282 g/mol. The molecule has 0 aromatic heterocycles. The molecule has 0 saturated carbocycles. The van der Waals surface area contributed by atoms with Crippen molar-refractivity contribution in [2.75, 3.05) is 27.4 Å². The predicted molar refractivity (Wildman–Crippen MR) is 75.9 cm³/mol. The molecule has 0 heterocycles. The van der Waals surface area contributed by atoms with E-state index in [0.717, 1.165) is 25.0 Å². The van der Waals surface area contributed by atoms with Gasteiger partial charge in [-0.25, -0.2) is 4.79 Å². The highest BCUT2D eigenvalue weighted by atomic mass is 16.5.